The molecule has 8 heteroatoms. The van der Waals surface area contributed by atoms with Gasteiger partial charge in [-0.15, -0.1) is 11.8 Å². The maximum atomic E-state index is 11.8. The first-order chi connectivity index (χ1) is 14.1. The first-order valence-electron chi connectivity index (χ1n) is 9.32. The van der Waals surface area contributed by atoms with Gasteiger partial charge in [0.15, 0.2) is 0 Å². The molecular formula is C21H22N6OS. The standard InChI is InChI=1S/C21H22N6OS/c1-3-19(28)26-8-10-27(11-9-26)21-15-5-4-14(12-16(15)23-13-24-21)20-17(29-2)6-7-18(22)25-20/h3-7,12-13H,1,8-11H2,2H3,(H2,22,25). The third-order valence-electron chi connectivity index (χ3n) is 5.05. The van der Waals surface area contributed by atoms with Crippen LogP contribution in [0.4, 0.5) is 11.6 Å². The predicted molar refractivity (Wildman–Crippen MR) is 118 cm³/mol. The van der Waals surface area contributed by atoms with E-state index < -0.39 is 0 Å². The Labute approximate surface area is 173 Å². The Kier molecular flexibility index (Phi) is 5.35. The van der Waals surface area contributed by atoms with Gasteiger partial charge in [-0.25, -0.2) is 15.0 Å². The van der Waals surface area contributed by atoms with E-state index in [9.17, 15) is 4.79 Å². The lowest BCUT2D eigenvalue weighted by molar-refractivity contribution is -0.126. The normalized spacial score (nSPS) is 14.2. The number of nitrogens with zero attached hydrogens (tertiary/aromatic N) is 5. The summed E-state index contributed by atoms with van der Waals surface area (Å²) in [4.78, 5) is 30.4. The van der Waals surface area contributed by atoms with Gasteiger partial charge in [0, 0.05) is 42.0 Å². The Balaban J connectivity index is 1.67. The Hall–Kier alpha value is -3.13. The Bertz CT molecular complexity index is 1080. The van der Waals surface area contributed by atoms with Crippen molar-refractivity contribution in [1.82, 2.24) is 19.9 Å². The molecule has 1 aliphatic heterocycles. The van der Waals surface area contributed by atoms with E-state index in [2.05, 4.69) is 26.4 Å². The maximum Gasteiger partial charge on any atom is 0.246 e. The van der Waals surface area contributed by atoms with Crippen LogP contribution in [0.1, 0.15) is 0 Å². The quantitative estimate of drug-likeness (QED) is 0.526. The number of nitrogen functional groups attached to an aromatic ring is 1. The van der Waals surface area contributed by atoms with Gasteiger partial charge in [-0.3, -0.25) is 4.79 Å². The van der Waals surface area contributed by atoms with Gasteiger partial charge >= 0.3 is 0 Å². The molecule has 1 aromatic carbocycles. The summed E-state index contributed by atoms with van der Waals surface area (Å²) >= 11 is 1.64. The number of pyridine rings is 1. The number of fused-ring (bicyclic) bond motifs is 1. The molecule has 0 bridgehead atoms. The number of carbonyl (C=O) groups is 1. The van der Waals surface area contributed by atoms with E-state index in [0.717, 1.165) is 46.0 Å². The molecule has 29 heavy (non-hydrogen) atoms. The molecule has 0 atom stereocenters. The molecule has 3 aromatic rings. The molecule has 0 spiro atoms. The molecule has 0 unspecified atom stereocenters. The number of anilines is 2. The zero-order valence-electron chi connectivity index (χ0n) is 16.2. The van der Waals surface area contributed by atoms with Crippen molar-refractivity contribution in [2.75, 3.05) is 43.1 Å². The number of hydrogen-bond acceptors (Lipinski definition) is 7. The zero-order valence-corrected chi connectivity index (χ0v) is 17.0. The van der Waals surface area contributed by atoms with E-state index >= 15 is 0 Å². The lowest BCUT2D eigenvalue weighted by atomic mass is 10.1. The van der Waals surface area contributed by atoms with Crippen molar-refractivity contribution in [2.24, 2.45) is 0 Å². The minimum absolute atomic E-state index is 0.0268. The first kappa shape index (κ1) is 19.2. The number of hydrogen-bond donors (Lipinski definition) is 1. The molecule has 1 amide bonds. The summed E-state index contributed by atoms with van der Waals surface area (Å²) < 4.78 is 0. The monoisotopic (exact) mass is 406 g/mol. The third-order valence-corrected chi connectivity index (χ3v) is 5.82. The topological polar surface area (TPSA) is 88.2 Å². The predicted octanol–water partition coefficient (Wildman–Crippen LogP) is 2.83. The van der Waals surface area contributed by atoms with Crippen LogP contribution in [-0.2, 0) is 4.79 Å². The Morgan fingerprint density at radius 3 is 2.69 bits per heavy atom. The lowest BCUT2D eigenvalue weighted by Gasteiger charge is -2.35. The van der Waals surface area contributed by atoms with E-state index in [1.807, 2.05) is 36.6 Å². The van der Waals surface area contributed by atoms with Gasteiger partial charge in [-0.2, -0.15) is 0 Å². The summed E-state index contributed by atoms with van der Waals surface area (Å²) in [6, 6.07) is 9.90. The molecule has 0 aliphatic carbocycles. The molecule has 0 saturated carbocycles. The minimum atomic E-state index is -0.0268. The number of rotatable bonds is 4. The van der Waals surface area contributed by atoms with E-state index in [1.165, 1.54) is 6.08 Å². The van der Waals surface area contributed by atoms with Crippen LogP contribution in [0.3, 0.4) is 0 Å². The fourth-order valence-electron chi connectivity index (χ4n) is 3.54. The summed E-state index contributed by atoms with van der Waals surface area (Å²) in [5.74, 6) is 1.35. The minimum Gasteiger partial charge on any atom is -0.384 e. The van der Waals surface area contributed by atoms with E-state index in [0.29, 0.717) is 18.9 Å². The number of aromatic nitrogens is 3. The molecule has 0 radical (unpaired) electrons. The van der Waals surface area contributed by atoms with Crippen LogP contribution in [0, 0.1) is 0 Å². The average Bonchev–Trinajstić information content (AvgIpc) is 2.77. The van der Waals surface area contributed by atoms with E-state index in [1.54, 1.807) is 23.0 Å². The van der Waals surface area contributed by atoms with Crippen molar-refractivity contribution in [1.29, 1.82) is 0 Å². The molecule has 1 aliphatic rings. The number of amides is 1. The molecule has 4 rings (SSSR count). The number of nitrogens with two attached hydrogens (primary N) is 1. The molecule has 148 valence electrons. The van der Waals surface area contributed by atoms with Gasteiger partial charge in [-0.1, -0.05) is 12.6 Å². The third kappa shape index (κ3) is 3.75. The average molecular weight is 407 g/mol. The summed E-state index contributed by atoms with van der Waals surface area (Å²) in [6.45, 7) is 6.31. The van der Waals surface area contributed by atoms with Crippen LogP contribution in [0.2, 0.25) is 0 Å². The molecule has 1 saturated heterocycles. The number of piperazine rings is 1. The van der Waals surface area contributed by atoms with Crippen LogP contribution in [0.25, 0.3) is 22.2 Å². The second kappa shape index (κ2) is 8.08. The highest BCUT2D eigenvalue weighted by molar-refractivity contribution is 7.98. The SMILES string of the molecule is C=CC(=O)N1CCN(c2ncnc3cc(-c4nc(N)ccc4SC)ccc23)CC1. The summed E-state index contributed by atoms with van der Waals surface area (Å²) in [5.41, 5.74) is 8.59. The molecular weight excluding hydrogens is 384 g/mol. The fourth-order valence-corrected chi connectivity index (χ4v) is 4.10. The first-order valence-corrected chi connectivity index (χ1v) is 10.5. The Morgan fingerprint density at radius 1 is 1.17 bits per heavy atom. The van der Waals surface area contributed by atoms with Gasteiger partial charge < -0.3 is 15.5 Å². The Morgan fingerprint density at radius 2 is 1.97 bits per heavy atom. The van der Waals surface area contributed by atoms with Gasteiger partial charge in [0.05, 0.1) is 11.2 Å². The number of thioether (sulfide) groups is 1. The van der Waals surface area contributed by atoms with Gasteiger partial charge in [0.2, 0.25) is 5.91 Å². The molecule has 1 fully saturated rings. The fraction of sp³-hybridized carbons (Fsp3) is 0.238. The highest BCUT2D eigenvalue weighted by Crippen LogP contribution is 2.32. The van der Waals surface area contributed by atoms with Crippen LogP contribution in [-0.4, -0.2) is 58.2 Å². The highest BCUT2D eigenvalue weighted by atomic mass is 32.2. The number of benzene rings is 1. The summed E-state index contributed by atoms with van der Waals surface area (Å²) in [7, 11) is 0. The van der Waals surface area contributed by atoms with Crippen molar-refractivity contribution in [3.05, 3.63) is 49.3 Å². The van der Waals surface area contributed by atoms with Gasteiger partial charge in [0.25, 0.3) is 0 Å². The molecule has 2 N–H and O–H groups in total. The van der Waals surface area contributed by atoms with Crippen molar-refractivity contribution >= 4 is 40.2 Å². The smallest absolute Gasteiger partial charge is 0.246 e. The van der Waals surface area contributed by atoms with Crippen LogP contribution >= 0.6 is 11.8 Å². The molecule has 2 aromatic heterocycles. The molecule has 3 heterocycles. The second-order valence-electron chi connectivity index (χ2n) is 6.73. The summed E-state index contributed by atoms with van der Waals surface area (Å²) in [5, 5.41) is 0.981. The second-order valence-corrected chi connectivity index (χ2v) is 7.58. The van der Waals surface area contributed by atoms with Crippen molar-refractivity contribution in [2.45, 2.75) is 4.90 Å². The zero-order chi connectivity index (χ0) is 20.4. The van der Waals surface area contributed by atoms with Crippen molar-refractivity contribution in [3.8, 4) is 11.3 Å². The van der Waals surface area contributed by atoms with Crippen LogP contribution in [0.15, 0.2) is 54.2 Å². The molecule has 7 nitrogen and oxygen atoms in total. The van der Waals surface area contributed by atoms with Gasteiger partial charge in [-0.05, 0) is 36.6 Å². The van der Waals surface area contributed by atoms with Crippen molar-refractivity contribution in [3.63, 3.8) is 0 Å². The van der Waals surface area contributed by atoms with Crippen LogP contribution < -0.4 is 10.6 Å². The highest BCUT2D eigenvalue weighted by Gasteiger charge is 2.22. The van der Waals surface area contributed by atoms with E-state index in [-0.39, 0.29) is 5.91 Å². The summed E-state index contributed by atoms with van der Waals surface area (Å²) in [6.07, 6.45) is 4.98. The van der Waals surface area contributed by atoms with E-state index in [4.69, 9.17) is 5.73 Å². The largest absolute Gasteiger partial charge is 0.384 e. The van der Waals surface area contributed by atoms with Gasteiger partial charge in [0.1, 0.15) is 18.0 Å². The lowest BCUT2D eigenvalue weighted by Crippen LogP contribution is -2.48. The number of carbonyl (C=O) groups excluding carboxylic acids is 1. The van der Waals surface area contributed by atoms with Crippen LogP contribution in [0.5, 0.6) is 0 Å². The maximum absolute atomic E-state index is 11.8. The van der Waals surface area contributed by atoms with Crippen molar-refractivity contribution < 1.29 is 4.79 Å².